The first kappa shape index (κ1) is 25.7. The average Bonchev–Trinajstić information content (AvgIpc) is 2.83. The Balaban J connectivity index is 1.89. The summed E-state index contributed by atoms with van der Waals surface area (Å²) in [7, 11) is 2.05. The number of nitro benzene ring substituents is 2. The molecule has 0 aliphatic heterocycles. The van der Waals surface area contributed by atoms with Crippen molar-refractivity contribution in [2.75, 3.05) is 14.2 Å². The molecule has 1 aliphatic rings. The minimum atomic E-state index is -1.53. The Morgan fingerprint density at radius 1 is 0.583 bits per heavy atom. The zero-order valence-electron chi connectivity index (χ0n) is 18.7. The summed E-state index contributed by atoms with van der Waals surface area (Å²) in [5.74, 6) is -10.3. The van der Waals surface area contributed by atoms with E-state index in [-0.39, 0.29) is 22.9 Å². The highest BCUT2D eigenvalue weighted by molar-refractivity contribution is 5.98. The number of non-ortho nitro benzene ring substituents is 2. The van der Waals surface area contributed by atoms with Crippen LogP contribution in [0, 0.1) is 43.9 Å². The molecule has 14 heteroatoms. The number of ether oxygens (including phenoxy) is 4. The highest BCUT2D eigenvalue weighted by Gasteiger charge is 2.66. The van der Waals surface area contributed by atoms with Crippen molar-refractivity contribution in [2.24, 2.45) is 23.7 Å². The molecular formula is C22H18N2O12. The van der Waals surface area contributed by atoms with Gasteiger partial charge in [0.15, 0.2) is 0 Å². The maximum absolute atomic E-state index is 13.0. The Morgan fingerprint density at radius 2 is 0.861 bits per heavy atom. The zero-order valence-corrected chi connectivity index (χ0v) is 18.7. The minimum absolute atomic E-state index is 0.113. The smallest absolute Gasteiger partial charge is 0.316 e. The summed E-state index contributed by atoms with van der Waals surface area (Å²) in [5, 5.41) is 21.6. The van der Waals surface area contributed by atoms with Gasteiger partial charge in [-0.15, -0.1) is 0 Å². The van der Waals surface area contributed by atoms with E-state index < -0.39 is 57.4 Å². The molecule has 2 aromatic rings. The van der Waals surface area contributed by atoms with Crippen LogP contribution in [0.15, 0.2) is 48.5 Å². The van der Waals surface area contributed by atoms with Crippen molar-refractivity contribution in [3.63, 3.8) is 0 Å². The Morgan fingerprint density at radius 3 is 1.11 bits per heavy atom. The second kappa shape index (κ2) is 10.6. The summed E-state index contributed by atoms with van der Waals surface area (Å²) >= 11 is 0. The fourth-order valence-electron chi connectivity index (χ4n) is 3.83. The number of hydrogen-bond donors (Lipinski definition) is 0. The molecule has 188 valence electrons. The molecule has 0 radical (unpaired) electrons. The molecule has 2 aromatic carbocycles. The van der Waals surface area contributed by atoms with Gasteiger partial charge in [0.25, 0.3) is 11.4 Å². The molecule has 14 nitrogen and oxygen atoms in total. The second-order valence-electron chi connectivity index (χ2n) is 7.49. The van der Waals surface area contributed by atoms with Gasteiger partial charge in [0.05, 0.1) is 47.7 Å². The van der Waals surface area contributed by atoms with Gasteiger partial charge in [-0.05, 0) is 24.3 Å². The van der Waals surface area contributed by atoms with E-state index in [4.69, 9.17) is 9.47 Å². The monoisotopic (exact) mass is 502 g/mol. The highest BCUT2D eigenvalue weighted by Crippen LogP contribution is 2.49. The lowest BCUT2D eigenvalue weighted by Gasteiger charge is -2.44. The van der Waals surface area contributed by atoms with Crippen LogP contribution in [0.5, 0.6) is 11.5 Å². The van der Waals surface area contributed by atoms with Crippen molar-refractivity contribution >= 4 is 35.3 Å². The molecule has 1 aliphatic carbocycles. The van der Waals surface area contributed by atoms with Crippen LogP contribution in [0.4, 0.5) is 11.4 Å². The summed E-state index contributed by atoms with van der Waals surface area (Å²) in [4.78, 5) is 71.1. The van der Waals surface area contributed by atoms with Crippen LogP contribution in [0.1, 0.15) is 0 Å². The largest absolute Gasteiger partial charge is 0.469 e. The predicted octanol–water partition coefficient (Wildman–Crippen LogP) is 1.84. The number of methoxy groups -OCH3 is 2. The molecule has 0 saturated heterocycles. The van der Waals surface area contributed by atoms with E-state index in [1.165, 1.54) is 0 Å². The van der Waals surface area contributed by atoms with Gasteiger partial charge in [-0.2, -0.15) is 0 Å². The molecule has 0 N–H and O–H groups in total. The van der Waals surface area contributed by atoms with E-state index in [9.17, 15) is 39.4 Å². The molecule has 36 heavy (non-hydrogen) atoms. The lowest BCUT2D eigenvalue weighted by atomic mass is 9.56. The maximum atomic E-state index is 13.0. The Bertz CT molecular complexity index is 1110. The minimum Gasteiger partial charge on any atom is -0.469 e. The van der Waals surface area contributed by atoms with E-state index >= 15 is 0 Å². The third-order valence-electron chi connectivity index (χ3n) is 5.57. The first-order chi connectivity index (χ1) is 17.1. The molecule has 3 rings (SSSR count). The SMILES string of the molecule is COC(=O)C1C(C(=O)OC)C(C(=O)Oc2ccc([N+](=O)[O-])cc2)C1C(=O)Oc1ccc([N+](=O)[O-])cc1. The van der Waals surface area contributed by atoms with Crippen LogP contribution in [0.2, 0.25) is 0 Å². The summed E-state index contributed by atoms with van der Waals surface area (Å²) < 4.78 is 19.8. The third-order valence-corrected chi connectivity index (χ3v) is 5.57. The average molecular weight is 502 g/mol. The molecule has 4 atom stereocenters. The first-order valence-electron chi connectivity index (χ1n) is 10.2. The molecule has 1 saturated carbocycles. The zero-order chi connectivity index (χ0) is 26.6. The molecule has 0 bridgehead atoms. The van der Waals surface area contributed by atoms with Crippen LogP contribution < -0.4 is 9.47 Å². The van der Waals surface area contributed by atoms with Gasteiger partial charge in [-0.25, -0.2) is 0 Å². The number of carbonyl (C=O) groups is 4. The fraction of sp³-hybridized carbons (Fsp3) is 0.273. The quantitative estimate of drug-likeness (QED) is 0.220. The molecule has 1 fully saturated rings. The normalized spacial score (nSPS) is 20.3. The van der Waals surface area contributed by atoms with Crippen molar-refractivity contribution in [1.82, 2.24) is 0 Å². The third kappa shape index (κ3) is 5.11. The Hall–Kier alpha value is -4.88. The number of carbonyl (C=O) groups excluding carboxylic acids is 4. The summed E-state index contributed by atoms with van der Waals surface area (Å²) in [6.07, 6.45) is 0. The predicted molar refractivity (Wildman–Crippen MR) is 115 cm³/mol. The lowest BCUT2D eigenvalue weighted by molar-refractivity contribution is -0.385. The summed E-state index contributed by atoms with van der Waals surface area (Å²) in [6, 6.07) is 8.90. The van der Waals surface area contributed by atoms with E-state index in [1.807, 2.05) is 0 Å². The summed E-state index contributed by atoms with van der Waals surface area (Å²) in [5.41, 5.74) is -0.526. The van der Waals surface area contributed by atoms with Crippen LogP contribution in [0.25, 0.3) is 0 Å². The Labute approximate surface area is 202 Å². The van der Waals surface area contributed by atoms with Gasteiger partial charge < -0.3 is 18.9 Å². The Kier molecular flexibility index (Phi) is 7.57. The van der Waals surface area contributed by atoms with E-state index in [0.717, 1.165) is 62.8 Å². The second-order valence-corrected chi connectivity index (χ2v) is 7.49. The summed E-state index contributed by atoms with van der Waals surface area (Å²) in [6.45, 7) is 0. The molecular weight excluding hydrogens is 484 g/mol. The molecule has 0 aromatic heterocycles. The first-order valence-corrected chi connectivity index (χ1v) is 10.2. The number of hydrogen-bond acceptors (Lipinski definition) is 12. The van der Waals surface area contributed by atoms with Crippen LogP contribution in [0.3, 0.4) is 0 Å². The number of nitro groups is 2. The number of nitrogens with zero attached hydrogens (tertiary/aromatic N) is 2. The molecule has 4 unspecified atom stereocenters. The van der Waals surface area contributed by atoms with E-state index in [0.29, 0.717) is 0 Å². The van der Waals surface area contributed by atoms with Gasteiger partial charge in [0.2, 0.25) is 0 Å². The van der Waals surface area contributed by atoms with Gasteiger partial charge in [-0.3, -0.25) is 39.4 Å². The standard InChI is InChI=1S/C22H18N2O12/c1-33-19(25)15-16(20(26)34-2)18(22(28)36-14-9-5-12(6-10-14)24(31)32)17(15)21(27)35-13-7-3-11(4-8-13)23(29)30/h3-10,15-18H,1-2H3. The van der Waals surface area contributed by atoms with Gasteiger partial charge >= 0.3 is 23.9 Å². The van der Waals surface area contributed by atoms with Crippen LogP contribution in [-0.4, -0.2) is 47.9 Å². The number of benzene rings is 2. The van der Waals surface area contributed by atoms with Crippen molar-refractivity contribution in [3.8, 4) is 11.5 Å². The number of esters is 4. The van der Waals surface area contributed by atoms with Crippen molar-refractivity contribution in [1.29, 1.82) is 0 Å². The highest BCUT2D eigenvalue weighted by atomic mass is 16.6. The molecule has 0 amide bonds. The van der Waals surface area contributed by atoms with E-state index in [2.05, 4.69) is 9.47 Å². The molecule has 0 spiro atoms. The van der Waals surface area contributed by atoms with Crippen molar-refractivity contribution in [2.45, 2.75) is 0 Å². The van der Waals surface area contributed by atoms with Gasteiger partial charge in [0, 0.05) is 24.3 Å². The maximum Gasteiger partial charge on any atom is 0.316 e. The van der Waals surface area contributed by atoms with Crippen molar-refractivity contribution < 1.29 is 48.0 Å². The number of rotatable bonds is 8. The van der Waals surface area contributed by atoms with Crippen LogP contribution >= 0.6 is 0 Å². The van der Waals surface area contributed by atoms with Gasteiger partial charge in [0.1, 0.15) is 11.5 Å². The van der Waals surface area contributed by atoms with Crippen molar-refractivity contribution in [3.05, 3.63) is 68.8 Å². The van der Waals surface area contributed by atoms with Gasteiger partial charge in [-0.1, -0.05) is 0 Å². The van der Waals surface area contributed by atoms with Crippen LogP contribution in [-0.2, 0) is 28.7 Å². The fourth-order valence-corrected chi connectivity index (χ4v) is 3.83. The van der Waals surface area contributed by atoms with E-state index in [1.54, 1.807) is 0 Å². The molecule has 0 heterocycles. The topological polar surface area (TPSA) is 191 Å². The lowest BCUT2D eigenvalue weighted by Crippen LogP contribution is -2.61.